The highest BCUT2D eigenvalue weighted by atomic mass is 19.1. The third kappa shape index (κ3) is 2.19. The van der Waals surface area contributed by atoms with E-state index in [0.717, 1.165) is 0 Å². The van der Waals surface area contributed by atoms with E-state index in [1.165, 1.54) is 18.2 Å². The second-order valence-corrected chi connectivity index (χ2v) is 2.91. The summed E-state index contributed by atoms with van der Waals surface area (Å²) in [5.74, 6) is 0.137. The minimum absolute atomic E-state index is 0.337. The summed E-state index contributed by atoms with van der Waals surface area (Å²) in [6, 6.07) is 4.11. The first kappa shape index (κ1) is 9.38. The van der Waals surface area contributed by atoms with Crippen LogP contribution in [0.3, 0.4) is 0 Å². The molecule has 0 atom stereocenters. The molecule has 78 valence electrons. The molecule has 0 radical (unpaired) electrons. The first-order valence-electron chi connectivity index (χ1n) is 4.27. The van der Waals surface area contributed by atoms with E-state index in [1.54, 1.807) is 0 Å². The van der Waals surface area contributed by atoms with E-state index in [-0.39, 0.29) is 5.82 Å². The molecule has 1 aromatic carbocycles. The number of nitrogens with one attached hydrogen (secondary N) is 2. The lowest BCUT2D eigenvalue weighted by atomic mass is 10.2. The monoisotopic (exact) mass is 208 g/mol. The topological polar surface area (TPSA) is 92.5 Å². The van der Waals surface area contributed by atoms with Crippen LogP contribution in [0, 0.1) is 5.82 Å². The highest BCUT2D eigenvalue weighted by Crippen LogP contribution is 2.19. The number of H-pyrrole nitrogens is 1. The standard InChI is InChI=1S/C8H9FN6/c9-5-1-2-6(10)7(3-5)11-4-8-12-14-15-13-8/h1-3,11H,4,10H2,(H,12,13,14,15). The number of nitrogens with zero attached hydrogens (tertiary/aromatic N) is 3. The predicted molar refractivity (Wildman–Crippen MR) is 52.3 cm³/mol. The summed E-state index contributed by atoms with van der Waals surface area (Å²) in [6.45, 7) is 0.337. The second kappa shape index (κ2) is 3.91. The lowest BCUT2D eigenvalue weighted by Gasteiger charge is -2.06. The molecule has 0 saturated heterocycles. The highest BCUT2D eigenvalue weighted by molar-refractivity contribution is 5.65. The molecule has 7 heteroatoms. The number of benzene rings is 1. The number of tetrazole rings is 1. The van der Waals surface area contributed by atoms with Crippen LogP contribution in [0.2, 0.25) is 0 Å². The first-order chi connectivity index (χ1) is 7.25. The van der Waals surface area contributed by atoms with Crippen LogP contribution in [0.15, 0.2) is 18.2 Å². The van der Waals surface area contributed by atoms with E-state index in [9.17, 15) is 4.39 Å². The van der Waals surface area contributed by atoms with Crippen LogP contribution >= 0.6 is 0 Å². The summed E-state index contributed by atoms with van der Waals surface area (Å²) in [7, 11) is 0. The van der Waals surface area contributed by atoms with E-state index in [2.05, 4.69) is 25.9 Å². The Labute approximate surface area is 84.7 Å². The van der Waals surface area contributed by atoms with Gasteiger partial charge in [0.25, 0.3) is 0 Å². The fraction of sp³-hybridized carbons (Fsp3) is 0.125. The first-order valence-corrected chi connectivity index (χ1v) is 4.27. The molecule has 2 rings (SSSR count). The van der Waals surface area contributed by atoms with Gasteiger partial charge >= 0.3 is 0 Å². The lowest BCUT2D eigenvalue weighted by molar-refractivity contribution is 0.628. The minimum atomic E-state index is -0.347. The van der Waals surface area contributed by atoms with Gasteiger partial charge < -0.3 is 11.1 Å². The van der Waals surface area contributed by atoms with Gasteiger partial charge in [0, 0.05) is 0 Å². The van der Waals surface area contributed by atoms with Crippen LogP contribution in [-0.2, 0) is 6.54 Å². The quantitative estimate of drug-likeness (QED) is 0.640. The zero-order chi connectivity index (χ0) is 10.7. The van der Waals surface area contributed by atoms with Gasteiger partial charge in [0.15, 0.2) is 5.82 Å². The van der Waals surface area contributed by atoms with Crippen molar-refractivity contribution in [2.75, 3.05) is 11.1 Å². The van der Waals surface area contributed by atoms with Gasteiger partial charge in [-0.3, -0.25) is 0 Å². The van der Waals surface area contributed by atoms with Gasteiger partial charge in [-0.1, -0.05) is 5.21 Å². The highest BCUT2D eigenvalue weighted by Gasteiger charge is 2.02. The number of rotatable bonds is 3. The van der Waals surface area contributed by atoms with E-state index >= 15 is 0 Å². The van der Waals surface area contributed by atoms with E-state index in [1.807, 2.05) is 0 Å². The Morgan fingerprint density at radius 3 is 3.07 bits per heavy atom. The van der Waals surface area contributed by atoms with Crippen molar-refractivity contribution in [3.63, 3.8) is 0 Å². The van der Waals surface area contributed by atoms with Gasteiger partial charge in [-0.05, 0) is 18.2 Å². The van der Waals surface area contributed by atoms with Crippen molar-refractivity contribution in [2.45, 2.75) is 6.54 Å². The number of nitrogens with two attached hydrogens (primary N) is 1. The van der Waals surface area contributed by atoms with E-state index < -0.39 is 0 Å². The summed E-state index contributed by atoms with van der Waals surface area (Å²) in [5, 5.41) is 16.1. The molecule has 0 amide bonds. The summed E-state index contributed by atoms with van der Waals surface area (Å²) in [6.07, 6.45) is 0. The van der Waals surface area contributed by atoms with Gasteiger partial charge in [-0.15, -0.1) is 10.2 Å². The Kier molecular flexibility index (Phi) is 2.44. The number of aromatic amines is 1. The lowest BCUT2D eigenvalue weighted by Crippen LogP contribution is -2.04. The molecule has 0 fully saturated rings. The summed E-state index contributed by atoms with van der Waals surface area (Å²) in [4.78, 5) is 0. The van der Waals surface area contributed by atoms with Crippen LogP contribution < -0.4 is 11.1 Å². The summed E-state index contributed by atoms with van der Waals surface area (Å²) < 4.78 is 12.9. The molecule has 0 aliphatic heterocycles. The van der Waals surface area contributed by atoms with Gasteiger partial charge in [0.2, 0.25) is 0 Å². The van der Waals surface area contributed by atoms with Gasteiger partial charge in [0.05, 0.1) is 17.9 Å². The zero-order valence-electron chi connectivity index (χ0n) is 7.74. The maximum atomic E-state index is 12.9. The van der Waals surface area contributed by atoms with Crippen molar-refractivity contribution >= 4 is 11.4 Å². The summed E-state index contributed by atoms with van der Waals surface area (Å²) >= 11 is 0. The second-order valence-electron chi connectivity index (χ2n) is 2.91. The normalized spacial score (nSPS) is 10.2. The van der Waals surface area contributed by atoms with Crippen molar-refractivity contribution in [2.24, 2.45) is 0 Å². The van der Waals surface area contributed by atoms with Crippen LogP contribution in [0.5, 0.6) is 0 Å². The maximum Gasteiger partial charge on any atom is 0.193 e. The van der Waals surface area contributed by atoms with Crippen molar-refractivity contribution in [3.05, 3.63) is 29.8 Å². The molecule has 0 saturated carbocycles. The van der Waals surface area contributed by atoms with Crippen LogP contribution in [0.25, 0.3) is 0 Å². The van der Waals surface area contributed by atoms with Crippen molar-refractivity contribution in [1.29, 1.82) is 0 Å². The minimum Gasteiger partial charge on any atom is -0.397 e. The van der Waals surface area contributed by atoms with E-state index in [4.69, 9.17) is 5.73 Å². The van der Waals surface area contributed by atoms with Gasteiger partial charge in [-0.2, -0.15) is 5.21 Å². The molecular weight excluding hydrogens is 199 g/mol. The molecule has 15 heavy (non-hydrogen) atoms. The number of hydrogen-bond donors (Lipinski definition) is 3. The molecule has 0 bridgehead atoms. The van der Waals surface area contributed by atoms with Crippen molar-refractivity contribution < 1.29 is 4.39 Å². The molecule has 2 aromatic rings. The molecule has 0 spiro atoms. The number of halogens is 1. The summed E-state index contributed by atoms with van der Waals surface area (Å²) in [5.41, 5.74) is 6.62. The third-order valence-corrected chi connectivity index (χ3v) is 1.84. The predicted octanol–water partition coefficient (Wildman–Crippen LogP) is 0.533. The Bertz CT molecular complexity index is 440. The van der Waals surface area contributed by atoms with Crippen LogP contribution in [0.1, 0.15) is 5.82 Å². The number of aromatic nitrogens is 4. The maximum absolute atomic E-state index is 12.9. The molecule has 0 aliphatic rings. The fourth-order valence-electron chi connectivity index (χ4n) is 1.11. The molecule has 4 N–H and O–H groups in total. The van der Waals surface area contributed by atoms with Crippen LogP contribution in [-0.4, -0.2) is 20.6 Å². The Hall–Kier alpha value is -2.18. The molecule has 0 aliphatic carbocycles. The van der Waals surface area contributed by atoms with E-state index in [0.29, 0.717) is 23.7 Å². The number of anilines is 2. The molecule has 1 aromatic heterocycles. The number of nitrogen functional groups attached to an aromatic ring is 1. The van der Waals surface area contributed by atoms with Gasteiger partial charge in [-0.25, -0.2) is 4.39 Å². The van der Waals surface area contributed by atoms with Crippen molar-refractivity contribution in [1.82, 2.24) is 20.6 Å². The fourth-order valence-corrected chi connectivity index (χ4v) is 1.11. The molecule has 1 heterocycles. The Morgan fingerprint density at radius 2 is 2.33 bits per heavy atom. The third-order valence-electron chi connectivity index (χ3n) is 1.84. The molecule has 0 unspecified atom stereocenters. The van der Waals surface area contributed by atoms with Crippen molar-refractivity contribution in [3.8, 4) is 0 Å². The molecular formula is C8H9FN6. The average molecular weight is 208 g/mol. The zero-order valence-corrected chi connectivity index (χ0v) is 7.74. The average Bonchev–Trinajstić information content (AvgIpc) is 2.72. The largest absolute Gasteiger partial charge is 0.397 e. The molecule has 6 nitrogen and oxygen atoms in total. The Balaban J connectivity index is 2.07. The van der Waals surface area contributed by atoms with Crippen LogP contribution in [0.4, 0.5) is 15.8 Å². The smallest absolute Gasteiger partial charge is 0.193 e. The SMILES string of the molecule is Nc1ccc(F)cc1NCc1nn[nH]n1. The number of hydrogen-bond acceptors (Lipinski definition) is 5. The Morgan fingerprint density at radius 1 is 1.47 bits per heavy atom. The van der Waals surface area contributed by atoms with Gasteiger partial charge in [0.1, 0.15) is 5.82 Å².